The second-order valence-electron chi connectivity index (χ2n) is 6.46. The fourth-order valence-electron chi connectivity index (χ4n) is 3.04. The summed E-state index contributed by atoms with van der Waals surface area (Å²) in [5, 5.41) is 2.95. The van der Waals surface area contributed by atoms with Crippen molar-refractivity contribution in [1.82, 2.24) is 5.32 Å². The van der Waals surface area contributed by atoms with Gasteiger partial charge in [-0.2, -0.15) is 0 Å². The van der Waals surface area contributed by atoms with Gasteiger partial charge in [-0.25, -0.2) is 0 Å². The zero-order valence-corrected chi connectivity index (χ0v) is 15.1. The van der Waals surface area contributed by atoms with Crippen LogP contribution in [0.5, 0.6) is 5.75 Å². The van der Waals surface area contributed by atoms with Crippen molar-refractivity contribution in [3.05, 3.63) is 65.7 Å². The normalized spacial score (nSPS) is 15.2. The van der Waals surface area contributed by atoms with Crippen molar-refractivity contribution in [2.75, 3.05) is 0 Å². The molecule has 2 aromatic carbocycles. The number of nitrogens with one attached hydrogen (secondary N) is 1. The lowest BCUT2D eigenvalue weighted by molar-refractivity contribution is -0.126. The number of nitrogens with two attached hydrogens (primary N) is 1. The van der Waals surface area contributed by atoms with E-state index in [2.05, 4.69) is 5.32 Å². The summed E-state index contributed by atoms with van der Waals surface area (Å²) in [7, 11) is 0. The summed E-state index contributed by atoms with van der Waals surface area (Å²) in [4.78, 5) is 12.2. The van der Waals surface area contributed by atoms with Crippen LogP contribution in [-0.2, 0) is 17.9 Å². The van der Waals surface area contributed by atoms with E-state index in [1.54, 1.807) is 0 Å². The number of hydrogen-bond donors (Lipinski definition) is 2. The number of rotatable bonds is 6. The van der Waals surface area contributed by atoms with Crippen LogP contribution in [0.15, 0.2) is 54.6 Å². The van der Waals surface area contributed by atoms with Gasteiger partial charge in [-0.05, 0) is 36.1 Å². The monoisotopic (exact) mass is 360 g/mol. The average molecular weight is 361 g/mol. The highest BCUT2D eigenvalue weighted by Gasteiger charge is 2.36. The summed E-state index contributed by atoms with van der Waals surface area (Å²) in [5.74, 6) is 0.782. The van der Waals surface area contributed by atoms with Gasteiger partial charge >= 0.3 is 0 Å². The lowest BCUT2D eigenvalue weighted by Crippen LogP contribution is -2.51. The Labute approximate surface area is 155 Å². The smallest absolute Gasteiger partial charge is 0.240 e. The van der Waals surface area contributed by atoms with E-state index in [1.165, 1.54) is 0 Å². The van der Waals surface area contributed by atoms with Crippen molar-refractivity contribution in [2.24, 2.45) is 5.73 Å². The van der Waals surface area contributed by atoms with Crippen LogP contribution in [0.3, 0.4) is 0 Å². The van der Waals surface area contributed by atoms with Gasteiger partial charge in [-0.3, -0.25) is 4.79 Å². The summed E-state index contributed by atoms with van der Waals surface area (Å²) in [6.07, 6.45) is 3.64. The molecule has 0 atom stereocenters. The maximum absolute atomic E-state index is 12.2. The first-order chi connectivity index (χ1) is 11.7. The first-order valence-electron chi connectivity index (χ1n) is 8.49. The van der Waals surface area contributed by atoms with Crippen LogP contribution < -0.4 is 15.8 Å². The molecule has 0 aromatic heterocycles. The van der Waals surface area contributed by atoms with Gasteiger partial charge in [-0.15, -0.1) is 12.4 Å². The van der Waals surface area contributed by atoms with Crippen molar-refractivity contribution in [1.29, 1.82) is 0 Å². The Morgan fingerprint density at radius 3 is 2.28 bits per heavy atom. The molecule has 0 unspecified atom stereocenters. The molecule has 0 aliphatic heterocycles. The third kappa shape index (κ3) is 5.21. The zero-order chi connectivity index (χ0) is 16.8. The molecule has 1 fully saturated rings. The molecule has 0 saturated heterocycles. The van der Waals surface area contributed by atoms with Crippen LogP contribution in [0.2, 0.25) is 0 Å². The molecule has 134 valence electrons. The summed E-state index contributed by atoms with van der Waals surface area (Å²) in [6, 6.07) is 17.9. The topological polar surface area (TPSA) is 64.4 Å². The van der Waals surface area contributed by atoms with Gasteiger partial charge in [0.15, 0.2) is 0 Å². The molecular formula is C20H25ClN2O2. The molecule has 0 radical (unpaired) electrons. The highest BCUT2D eigenvalue weighted by atomic mass is 35.5. The molecule has 0 spiro atoms. The van der Waals surface area contributed by atoms with E-state index in [4.69, 9.17) is 10.5 Å². The van der Waals surface area contributed by atoms with Gasteiger partial charge in [0, 0.05) is 6.54 Å². The van der Waals surface area contributed by atoms with Crippen LogP contribution in [0, 0.1) is 0 Å². The number of carbonyl (C=O) groups excluding carboxylic acids is 1. The quantitative estimate of drug-likeness (QED) is 0.827. The minimum absolute atomic E-state index is 0. The van der Waals surface area contributed by atoms with Crippen LogP contribution in [0.1, 0.15) is 36.8 Å². The van der Waals surface area contributed by atoms with E-state index in [0.717, 1.165) is 42.6 Å². The molecule has 1 saturated carbocycles. The first-order valence-corrected chi connectivity index (χ1v) is 8.49. The van der Waals surface area contributed by atoms with Gasteiger partial charge in [0.1, 0.15) is 12.4 Å². The number of halogens is 1. The summed E-state index contributed by atoms with van der Waals surface area (Å²) >= 11 is 0. The van der Waals surface area contributed by atoms with Gasteiger partial charge in [0.2, 0.25) is 5.91 Å². The molecule has 1 amide bonds. The largest absolute Gasteiger partial charge is 0.489 e. The van der Waals surface area contributed by atoms with E-state index in [0.29, 0.717) is 13.2 Å². The molecule has 5 heteroatoms. The molecular weight excluding hydrogens is 336 g/mol. The average Bonchev–Trinajstić information content (AvgIpc) is 3.07. The van der Waals surface area contributed by atoms with Crippen LogP contribution in [-0.4, -0.2) is 11.4 Å². The predicted octanol–water partition coefficient (Wildman–Crippen LogP) is 3.58. The molecule has 1 aliphatic rings. The second-order valence-corrected chi connectivity index (χ2v) is 6.46. The van der Waals surface area contributed by atoms with Crippen LogP contribution in [0.25, 0.3) is 0 Å². The van der Waals surface area contributed by atoms with Gasteiger partial charge in [0.05, 0.1) is 5.54 Å². The van der Waals surface area contributed by atoms with Gasteiger partial charge < -0.3 is 15.8 Å². The van der Waals surface area contributed by atoms with Crippen molar-refractivity contribution >= 4 is 18.3 Å². The highest BCUT2D eigenvalue weighted by Crippen LogP contribution is 2.27. The second kappa shape index (κ2) is 8.88. The predicted molar refractivity (Wildman–Crippen MR) is 102 cm³/mol. The Morgan fingerprint density at radius 1 is 1.00 bits per heavy atom. The molecule has 0 bridgehead atoms. The van der Waals surface area contributed by atoms with E-state index < -0.39 is 5.54 Å². The lowest BCUT2D eigenvalue weighted by Gasteiger charge is -2.22. The molecule has 1 aliphatic carbocycles. The summed E-state index contributed by atoms with van der Waals surface area (Å²) < 4.78 is 5.76. The minimum atomic E-state index is -0.668. The Bertz CT molecular complexity index is 668. The maximum Gasteiger partial charge on any atom is 0.240 e. The van der Waals surface area contributed by atoms with Gasteiger partial charge in [-0.1, -0.05) is 55.3 Å². The molecule has 3 rings (SSSR count). The molecule has 25 heavy (non-hydrogen) atoms. The number of benzene rings is 2. The van der Waals surface area contributed by atoms with E-state index >= 15 is 0 Å². The van der Waals surface area contributed by atoms with Crippen molar-refractivity contribution in [3.8, 4) is 5.75 Å². The Morgan fingerprint density at radius 2 is 1.64 bits per heavy atom. The molecule has 4 nitrogen and oxygen atoms in total. The van der Waals surface area contributed by atoms with Crippen molar-refractivity contribution < 1.29 is 9.53 Å². The lowest BCUT2D eigenvalue weighted by atomic mass is 9.98. The minimum Gasteiger partial charge on any atom is -0.489 e. The molecule has 2 aromatic rings. The Balaban J connectivity index is 0.00000225. The fourth-order valence-corrected chi connectivity index (χ4v) is 3.04. The number of amides is 1. The first kappa shape index (κ1) is 19.3. The van der Waals surface area contributed by atoms with Crippen LogP contribution in [0.4, 0.5) is 0 Å². The maximum atomic E-state index is 12.2. The number of hydrogen-bond acceptors (Lipinski definition) is 3. The summed E-state index contributed by atoms with van der Waals surface area (Å²) in [6.45, 7) is 1.05. The molecule has 3 N–H and O–H groups in total. The molecule has 0 heterocycles. The number of carbonyl (C=O) groups is 1. The third-order valence-corrected chi connectivity index (χ3v) is 4.57. The Kier molecular flexibility index (Phi) is 6.85. The third-order valence-electron chi connectivity index (χ3n) is 4.57. The van der Waals surface area contributed by atoms with Crippen molar-refractivity contribution in [3.63, 3.8) is 0 Å². The van der Waals surface area contributed by atoms with Crippen LogP contribution >= 0.6 is 12.4 Å². The fraction of sp³-hybridized carbons (Fsp3) is 0.350. The van der Waals surface area contributed by atoms with Crippen molar-refractivity contribution in [2.45, 2.75) is 44.4 Å². The standard InChI is InChI=1S/C20H24N2O2.ClH/c21-20(12-4-5-13-20)19(23)22-14-16-8-10-18(11-9-16)24-15-17-6-2-1-3-7-17;/h1-3,6-11H,4-5,12-15,21H2,(H,22,23);1H. The highest BCUT2D eigenvalue weighted by molar-refractivity contribution is 5.86. The van der Waals surface area contributed by atoms with E-state index in [9.17, 15) is 4.79 Å². The van der Waals surface area contributed by atoms with E-state index in [-0.39, 0.29) is 18.3 Å². The zero-order valence-electron chi connectivity index (χ0n) is 14.2. The summed E-state index contributed by atoms with van der Waals surface area (Å²) in [5.41, 5.74) is 7.66. The Hall–Kier alpha value is -2.04. The SMILES string of the molecule is Cl.NC1(C(=O)NCc2ccc(OCc3ccccc3)cc2)CCCC1. The van der Waals surface area contributed by atoms with E-state index in [1.807, 2.05) is 54.6 Å². The number of ether oxygens (including phenoxy) is 1. The van der Waals surface area contributed by atoms with Gasteiger partial charge in [0.25, 0.3) is 0 Å².